The third-order valence-electron chi connectivity index (χ3n) is 2.56. The molecule has 0 spiro atoms. The second kappa shape index (κ2) is 5.37. The molecule has 2 aromatic rings. The first-order valence-electron chi connectivity index (χ1n) is 5.58. The van der Waals surface area contributed by atoms with E-state index in [1.807, 2.05) is 6.92 Å². The smallest absolute Gasteiger partial charge is 0.293 e. The second-order valence-corrected chi connectivity index (χ2v) is 4.36. The van der Waals surface area contributed by atoms with E-state index in [1.54, 1.807) is 18.2 Å². The third-order valence-corrected chi connectivity index (χ3v) is 2.73. The minimum Gasteiger partial charge on any atom is -0.428 e. The fourth-order valence-corrected chi connectivity index (χ4v) is 1.78. The fourth-order valence-electron chi connectivity index (χ4n) is 1.61. The third kappa shape index (κ3) is 2.80. The number of oxazole rings is 1. The molecule has 1 amide bonds. The first-order valence-corrected chi connectivity index (χ1v) is 5.96. The molecule has 0 aliphatic heterocycles. The van der Waals surface area contributed by atoms with Crippen LogP contribution in [0, 0.1) is 0 Å². The van der Waals surface area contributed by atoms with Gasteiger partial charge in [0.1, 0.15) is 5.52 Å². The highest BCUT2D eigenvalue weighted by atomic mass is 35.5. The van der Waals surface area contributed by atoms with Gasteiger partial charge in [0, 0.05) is 18.2 Å². The lowest BCUT2D eigenvalue weighted by Crippen LogP contribution is -2.33. The number of hydrogen-bond donors (Lipinski definition) is 2. The summed E-state index contributed by atoms with van der Waals surface area (Å²) in [6.07, 6.45) is 0.516. The molecule has 1 atom stereocenters. The van der Waals surface area contributed by atoms with Crippen molar-refractivity contribution in [1.29, 1.82) is 0 Å². The number of hydrogen-bond acceptors (Lipinski definition) is 4. The van der Waals surface area contributed by atoms with Gasteiger partial charge in [-0.3, -0.25) is 4.79 Å². The van der Waals surface area contributed by atoms with Gasteiger partial charge in [0.2, 0.25) is 0 Å². The normalized spacial score (nSPS) is 12.6. The van der Waals surface area contributed by atoms with E-state index in [-0.39, 0.29) is 23.9 Å². The van der Waals surface area contributed by atoms with Crippen LogP contribution in [0.25, 0.3) is 11.1 Å². The standard InChI is InChI=1S/C12H13ClN2O3/c1-7(4-5-16)14-11(17)8-2-3-9-10(6-8)18-12(13)15-9/h2-3,6-7,16H,4-5H2,1H3,(H,14,17). The molecule has 1 aromatic carbocycles. The van der Waals surface area contributed by atoms with E-state index in [2.05, 4.69) is 10.3 Å². The number of aliphatic hydroxyl groups excluding tert-OH is 1. The zero-order chi connectivity index (χ0) is 13.1. The SMILES string of the molecule is CC(CCO)NC(=O)c1ccc2nc(Cl)oc2c1. The Morgan fingerprint density at radius 2 is 2.39 bits per heavy atom. The molecule has 5 nitrogen and oxygen atoms in total. The Morgan fingerprint density at radius 3 is 3.11 bits per heavy atom. The highest BCUT2D eigenvalue weighted by molar-refractivity contribution is 6.28. The van der Waals surface area contributed by atoms with Crippen molar-refractivity contribution in [3.63, 3.8) is 0 Å². The number of amides is 1. The Labute approximate surface area is 109 Å². The average Bonchev–Trinajstić information content (AvgIpc) is 2.68. The molecule has 0 radical (unpaired) electrons. The van der Waals surface area contributed by atoms with Gasteiger partial charge in [-0.15, -0.1) is 0 Å². The number of rotatable bonds is 4. The number of aliphatic hydroxyl groups is 1. The summed E-state index contributed by atoms with van der Waals surface area (Å²) in [6.45, 7) is 1.87. The van der Waals surface area contributed by atoms with Gasteiger partial charge in [-0.1, -0.05) is 0 Å². The van der Waals surface area contributed by atoms with Crippen LogP contribution >= 0.6 is 11.6 Å². The van der Waals surface area contributed by atoms with E-state index in [1.165, 1.54) is 0 Å². The number of halogens is 1. The van der Waals surface area contributed by atoms with Crippen molar-refractivity contribution in [3.8, 4) is 0 Å². The van der Waals surface area contributed by atoms with Crippen molar-refractivity contribution in [2.45, 2.75) is 19.4 Å². The minimum absolute atomic E-state index is 0.0399. The van der Waals surface area contributed by atoms with E-state index in [4.69, 9.17) is 21.1 Å². The van der Waals surface area contributed by atoms with Gasteiger partial charge in [-0.2, -0.15) is 4.98 Å². The van der Waals surface area contributed by atoms with Crippen LogP contribution in [0.2, 0.25) is 5.35 Å². The Morgan fingerprint density at radius 1 is 1.61 bits per heavy atom. The number of carbonyl (C=O) groups is 1. The summed E-state index contributed by atoms with van der Waals surface area (Å²) in [5, 5.41) is 11.6. The van der Waals surface area contributed by atoms with Gasteiger partial charge < -0.3 is 14.8 Å². The van der Waals surface area contributed by atoms with Crippen LogP contribution < -0.4 is 5.32 Å². The lowest BCUT2D eigenvalue weighted by molar-refractivity contribution is 0.0934. The van der Waals surface area contributed by atoms with E-state index < -0.39 is 0 Å². The van der Waals surface area contributed by atoms with Crippen LogP contribution in [-0.2, 0) is 0 Å². The molecular formula is C12H13ClN2O3. The number of nitrogens with one attached hydrogen (secondary N) is 1. The van der Waals surface area contributed by atoms with Crippen LogP contribution in [-0.4, -0.2) is 28.6 Å². The molecule has 18 heavy (non-hydrogen) atoms. The molecule has 2 N–H and O–H groups in total. The maximum absolute atomic E-state index is 11.9. The van der Waals surface area contributed by atoms with Gasteiger partial charge in [-0.05, 0) is 43.1 Å². The summed E-state index contributed by atoms with van der Waals surface area (Å²) in [6, 6.07) is 4.84. The maximum Gasteiger partial charge on any atom is 0.293 e. The van der Waals surface area contributed by atoms with Crippen LogP contribution in [0.5, 0.6) is 0 Å². The first-order chi connectivity index (χ1) is 8.60. The first kappa shape index (κ1) is 12.9. The lowest BCUT2D eigenvalue weighted by Gasteiger charge is -2.12. The molecular weight excluding hydrogens is 256 g/mol. The van der Waals surface area contributed by atoms with Gasteiger partial charge in [0.15, 0.2) is 5.58 Å². The monoisotopic (exact) mass is 268 g/mol. The second-order valence-electron chi connectivity index (χ2n) is 4.04. The molecule has 0 bridgehead atoms. The summed E-state index contributed by atoms with van der Waals surface area (Å²) < 4.78 is 5.15. The van der Waals surface area contributed by atoms with Crippen molar-refractivity contribution in [2.75, 3.05) is 6.61 Å². The van der Waals surface area contributed by atoms with Crippen molar-refractivity contribution < 1.29 is 14.3 Å². The molecule has 0 fully saturated rings. The topological polar surface area (TPSA) is 75.4 Å². The van der Waals surface area contributed by atoms with Crippen LogP contribution in [0.4, 0.5) is 0 Å². The van der Waals surface area contributed by atoms with Crippen molar-refractivity contribution in [3.05, 3.63) is 29.1 Å². The summed E-state index contributed by atoms with van der Waals surface area (Å²) in [5.74, 6) is -0.217. The van der Waals surface area contributed by atoms with Gasteiger partial charge in [0.25, 0.3) is 11.3 Å². The fraction of sp³-hybridized carbons (Fsp3) is 0.333. The number of fused-ring (bicyclic) bond motifs is 1. The number of benzene rings is 1. The highest BCUT2D eigenvalue weighted by Crippen LogP contribution is 2.20. The minimum atomic E-state index is -0.217. The molecule has 0 saturated heterocycles. The predicted octanol–water partition coefficient (Wildman–Crippen LogP) is 1.98. The summed E-state index contributed by atoms with van der Waals surface area (Å²) >= 11 is 5.63. The molecule has 0 saturated carbocycles. The van der Waals surface area contributed by atoms with Crippen molar-refractivity contribution in [2.24, 2.45) is 0 Å². The Hall–Kier alpha value is -1.59. The Balaban J connectivity index is 2.17. The van der Waals surface area contributed by atoms with E-state index >= 15 is 0 Å². The largest absolute Gasteiger partial charge is 0.428 e. The molecule has 1 heterocycles. The maximum atomic E-state index is 11.9. The number of nitrogens with zero attached hydrogens (tertiary/aromatic N) is 1. The molecule has 0 aliphatic rings. The van der Waals surface area contributed by atoms with E-state index in [0.29, 0.717) is 23.1 Å². The van der Waals surface area contributed by atoms with E-state index in [0.717, 1.165) is 0 Å². The van der Waals surface area contributed by atoms with Gasteiger partial charge in [0.05, 0.1) is 0 Å². The highest BCUT2D eigenvalue weighted by Gasteiger charge is 2.12. The summed E-state index contributed by atoms with van der Waals surface area (Å²) in [7, 11) is 0. The van der Waals surface area contributed by atoms with Crippen LogP contribution in [0.3, 0.4) is 0 Å². The summed E-state index contributed by atoms with van der Waals surface area (Å²) in [4.78, 5) is 15.8. The van der Waals surface area contributed by atoms with E-state index in [9.17, 15) is 4.79 Å². The summed E-state index contributed by atoms with van der Waals surface area (Å²) in [5.41, 5.74) is 1.56. The van der Waals surface area contributed by atoms with Crippen LogP contribution in [0.15, 0.2) is 22.6 Å². The van der Waals surface area contributed by atoms with Gasteiger partial charge >= 0.3 is 0 Å². The van der Waals surface area contributed by atoms with Gasteiger partial charge in [-0.25, -0.2) is 0 Å². The number of aromatic nitrogens is 1. The lowest BCUT2D eigenvalue weighted by atomic mass is 10.1. The molecule has 2 rings (SSSR count). The quantitative estimate of drug-likeness (QED) is 0.889. The Kier molecular flexibility index (Phi) is 3.84. The van der Waals surface area contributed by atoms with Crippen molar-refractivity contribution >= 4 is 28.6 Å². The number of carbonyl (C=O) groups excluding carboxylic acids is 1. The Bertz CT molecular complexity index is 567. The van der Waals surface area contributed by atoms with Crippen LogP contribution in [0.1, 0.15) is 23.7 Å². The molecule has 1 unspecified atom stereocenters. The zero-order valence-electron chi connectivity index (χ0n) is 9.81. The molecule has 6 heteroatoms. The molecule has 96 valence electrons. The molecule has 0 aliphatic carbocycles. The van der Waals surface area contributed by atoms with Crippen molar-refractivity contribution in [1.82, 2.24) is 10.3 Å². The average molecular weight is 269 g/mol. The zero-order valence-corrected chi connectivity index (χ0v) is 10.6. The predicted molar refractivity (Wildman–Crippen MR) is 67.7 cm³/mol. The molecule has 1 aromatic heterocycles.